The van der Waals surface area contributed by atoms with Gasteiger partial charge < -0.3 is 0 Å². The molecule has 0 aromatic carbocycles. The molecule has 0 unspecified atom stereocenters. The molecule has 2 heteroatoms. The molecule has 0 N–H and O–H groups in total. The van der Waals surface area contributed by atoms with Gasteiger partial charge in [0.15, 0.2) is 0 Å². The fourth-order valence-electron chi connectivity index (χ4n) is 1.99. The van der Waals surface area contributed by atoms with Crippen molar-refractivity contribution in [3.63, 3.8) is 0 Å². The first-order valence-corrected chi connectivity index (χ1v) is 9.00. The molecule has 2 rings (SSSR count). The Bertz CT molecular complexity index is 160. The second-order valence-corrected chi connectivity index (χ2v) is 4.86. The first kappa shape index (κ1) is 19.9. The van der Waals surface area contributed by atoms with Gasteiger partial charge in [0.05, 0.1) is 0 Å². The van der Waals surface area contributed by atoms with E-state index in [2.05, 4.69) is 69.5 Å². The minimum absolute atomic E-state index is 1.23. The average Bonchev–Trinajstić information content (AvgIpc) is 2.59. The van der Waals surface area contributed by atoms with Crippen LogP contribution in [0.2, 0.25) is 0 Å². The topological polar surface area (TPSA) is 0 Å². The van der Waals surface area contributed by atoms with E-state index in [0.717, 1.165) is 0 Å². The molecule has 0 nitrogen and oxygen atoms in total. The van der Waals surface area contributed by atoms with Crippen LogP contribution in [0.1, 0.15) is 53.4 Å². The summed E-state index contributed by atoms with van der Waals surface area (Å²) < 4.78 is 0. The summed E-state index contributed by atoms with van der Waals surface area (Å²) in [6.07, 6.45) is 16.2. The van der Waals surface area contributed by atoms with E-state index in [1.54, 1.807) is 0 Å². The van der Waals surface area contributed by atoms with Gasteiger partial charge in [0.1, 0.15) is 0 Å². The zero-order valence-electron chi connectivity index (χ0n) is 12.4. The summed E-state index contributed by atoms with van der Waals surface area (Å²) in [6.45, 7) is 8.68. The molecule has 0 aromatic heterocycles. The fourth-order valence-corrected chi connectivity index (χ4v) is 1.99. The molecule has 2 aliphatic rings. The Morgan fingerprint density at radius 1 is 0.684 bits per heavy atom. The van der Waals surface area contributed by atoms with E-state index in [1.165, 1.54) is 49.4 Å². The molecule has 0 bridgehead atoms. The summed E-state index contributed by atoms with van der Waals surface area (Å²) >= 11 is 1.82. The Balaban J connectivity index is 0.000000303. The molecule has 19 heavy (non-hydrogen) atoms. The fraction of sp³-hybridized carbons (Fsp3) is 0.471. The van der Waals surface area contributed by atoms with Crippen LogP contribution in [0.3, 0.4) is 0 Å². The summed E-state index contributed by atoms with van der Waals surface area (Å²) in [7, 11) is 4.57. The summed E-state index contributed by atoms with van der Waals surface area (Å²) in [5.41, 5.74) is 0. The van der Waals surface area contributed by atoms with Gasteiger partial charge in [0.25, 0.3) is 0 Å². The van der Waals surface area contributed by atoms with Crippen LogP contribution in [0.15, 0.2) is 0 Å². The van der Waals surface area contributed by atoms with Crippen molar-refractivity contribution in [3.8, 4) is 0 Å². The molecule has 107 valence electrons. The van der Waals surface area contributed by atoms with Crippen LogP contribution in [0.5, 0.6) is 0 Å². The maximum absolute atomic E-state index is 4.57. The number of hydrogen-bond acceptors (Lipinski definition) is 0. The van der Waals surface area contributed by atoms with Crippen LogP contribution in [0, 0.1) is 55.8 Å². The van der Waals surface area contributed by atoms with Gasteiger partial charge in [-0.05, 0) is 81.5 Å². The molecule has 9 radical (unpaired) electrons. The van der Waals surface area contributed by atoms with E-state index in [-0.39, 0.29) is 0 Å². The summed E-state index contributed by atoms with van der Waals surface area (Å²) in [4.78, 5) is 0. The molecule has 0 spiro atoms. The average molecular weight is 366 g/mol. The van der Waals surface area contributed by atoms with Crippen molar-refractivity contribution < 1.29 is 17.3 Å². The van der Waals surface area contributed by atoms with E-state index in [4.69, 9.17) is 0 Å². The molecule has 0 atom stereocenters. The van der Waals surface area contributed by atoms with Crippen LogP contribution in [-0.4, -0.2) is 0 Å². The monoisotopic (exact) mass is 366 g/mol. The van der Waals surface area contributed by atoms with E-state index >= 15 is 0 Å². The Kier molecular flexibility index (Phi) is 13.2. The maximum atomic E-state index is 4.57. The molecular formula is C17H25ClRu+. The van der Waals surface area contributed by atoms with Crippen molar-refractivity contribution in [1.29, 1.82) is 0 Å². The Morgan fingerprint density at radius 3 is 1.11 bits per heavy atom. The Morgan fingerprint density at radius 2 is 0.947 bits per heavy atom. The van der Waals surface area contributed by atoms with Crippen molar-refractivity contribution in [3.05, 3.63) is 55.8 Å². The van der Waals surface area contributed by atoms with Crippen LogP contribution in [-0.2, 0) is 17.3 Å². The van der Waals surface area contributed by atoms with Gasteiger partial charge >= 0.3 is 27.0 Å². The van der Waals surface area contributed by atoms with Crippen LogP contribution in [0.4, 0.5) is 0 Å². The number of rotatable bonds is 0. The van der Waals surface area contributed by atoms with Crippen LogP contribution in [0.25, 0.3) is 0 Å². The van der Waals surface area contributed by atoms with Crippen molar-refractivity contribution in [2.45, 2.75) is 53.4 Å². The van der Waals surface area contributed by atoms with Crippen LogP contribution >= 0.6 is 9.69 Å². The summed E-state index contributed by atoms with van der Waals surface area (Å²) in [6, 6.07) is 0. The molecule has 2 aliphatic carbocycles. The van der Waals surface area contributed by atoms with E-state index < -0.39 is 0 Å². The van der Waals surface area contributed by atoms with Gasteiger partial charge in [-0.25, -0.2) is 0 Å². The predicted molar refractivity (Wildman–Crippen MR) is 81.5 cm³/mol. The molecule has 0 amide bonds. The van der Waals surface area contributed by atoms with Gasteiger partial charge in [0.2, 0.25) is 0 Å². The molecule has 0 heterocycles. The van der Waals surface area contributed by atoms with Gasteiger partial charge in [-0.15, -0.1) is 0 Å². The molecule has 2 fully saturated rings. The van der Waals surface area contributed by atoms with Crippen molar-refractivity contribution in [1.82, 2.24) is 0 Å². The predicted octanol–water partition coefficient (Wildman–Crippen LogP) is 5.65. The van der Waals surface area contributed by atoms with Gasteiger partial charge in [0, 0.05) is 0 Å². The summed E-state index contributed by atoms with van der Waals surface area (Å²) in [5.74, 6) is 5.75. The SMILES string of the molecule is C[C]1[CH][C](C)[C](C)[C]1C.[CH]1[CH]CC[CH][CH]CC1.[Cl][Ru+]. The quantitative estimate of drug-likeness (QED) is 0.487. The molecule has 0 saturated heterocycles. The van der Waals surface area contributed by atoms with E-state index in [1.807, 2.05) is 17.3 Å². The molecule has 0 aliphatic heterocycles. The second kappa shape index (κ2) is 12.6. The van der Waals surface area contributed by atoms with Crippen molar-refractivity contribution in [2.75, 3.05) is 0 Å². The standard InChI is InChI=1S/C9H13.C8H12.ClH.Ru/c1-6-5-7(2)9(4)8(6)3;1-2-4-6-8-7-5-3-1;;/h5H,1-4H3;1-2,7-8H,3-6H2;1H;/q;;;+2/p-1. The van der Waals surface area contributed by atoms with Gasteiger partial charge in [-0.2, -0.15) is 0 Å². The molecule has 0 aromatic rings. The first-order valence-electron chi connectivity index (χ1n) is 6.76. The van der Waals surface area contributed by atoms with E-state index in [0.29, 0.717) is 0 Å². The Labute approximate surface area is 136 Å². The molecule has 2 saturated carbocycles. The zero-order chi connectivity index (χ0) is 14.7. The third kappa shape index (κ3) is 8.72. The normalized spacial score (nSPS) is 23.7. The zero-order valence-corrected chi connectivity index (χ0v) is 14.9. The second-order valence-electron chi connectivity index (χ2n) is 4.86. The minimum atomic E-state index is 1.23. The van der Waals surface area contributed by atoms with E-state index in [9.17, 15) is 0 Å². The third-order valence-electron chi connectivity index (χ3n) is 3.51. The number of halogens is 1. The first-order chi connectivity index (χ1) is 9.13. The summed E-state index contributed by atoms with van der Waals surface area (Å²) in [5, 5.41) is 0. The third-order valence-corrected chi connectivity index (χ3v) is 3.51. The molecular weight excluding hydrogens is 341 g/mol. The van der Waals surface area contributed by atoms with Gasteiger partial charge in [-0.3, -0.25) is 0 Å². The van der Waals surface area contributed by atoms with Crippen molar-refractivity contribution >= 4 is 9.69 Å². The van der Waals surface area contributed by atoms with Crippen LogP contribution < -0.4 is 0 Å². The van der Waals surface area contributed by atoms with Crippen molar-refractivity contribution in [2.24, 2.45) is 0 Å². The van der Waals surface area contributed by atoms with Gasteiger partial charge in [-0.1, -0.05) is 27.7 Å². The Hall–Kier alpha value is 0.913. The number of hydrogen-bond donors (Lipinski definition) is 0.